The summed E-state index contributed by atoms with van der Waals surface area (Å²) >= 11 is 8.10. The topological polar surface area (TPSA) is 6.48 Å². The van der Waals surface area contributed by atoms with E-state index in [-0.39, 0.29) is 0 Å². The molecular formula is C19H19ClN2S. The Labute approximate surface area is 146 Å². The molecule has 2 nitrogen and oxygen atoms in total. The molecule has 0 spiro atoms. The maximum absolute atomic E-state index is 6.28. The van der Waals surface area contributed by atoms with Gasteiger partial charge in [-0.3, -0.25) is 0 Å². The fourth-order valence-electron chi connectivity index (χ4n) is 3.27. The third-order valence-electron chi connectivity index (χ3n) is 4.37. The summed E-state index contributed by atoms with van der Waals surface area (Å²) in [5, 5.41) is 0.795. The third kappa shape index (κ3) is 3.01. The molecule has 0 atom stereocenters. The van der Waals surface area contributed by atoms with Gasteiger partial charge >= 0.3 is 0 Å². The first-order valence-corrected chi connectivity index (χ1v) is 9.10. The number of rotatable bonds is 2. The second-order valence-corrected chi connectivity index (χ2v) is 7.68. The Morgan fingerprint density at radius 1 is 1.09 bits per heavy atom. The van der Waals surface area contributed by atoms with E-state index in [9.17, 15) is 0 Å². The van der Waals surface area contributed by atoms with Gasteiger partial charge in [-0.2, -0.15) is 0 Å². The van der Waals surface area contributed by atoms with Gasteiger partial charge in [-0.1, -0.05) is 41.6 Å². The highest BCUT2D eigenvalue weighted by Crippen LogP contribution is 2.48. The zero-order valence-corrected chi connectivity index (χ0v) is 14.7. The van der Waals surface area contributed by atoms with E-state index in [0.717, 1.165) is 31.1 Å². The SMILES string of the molecule is CN1CCC=C(CN2c3ccccc3Sc3ccc(Cl)cc32)C1. The third-order valence-corrected chi connectivity index (χ3v) is 5.73. The van der Waals surface area contributed by atoms with E-state index in [0.29, 0.717) is 0 Å². The number of hydrogen-bond donors (Lipinski definition) is 0. The van der Waals surface area contributed by atoms with Crippen molar-refractivity contribution in [3.05, 3.63) is 59.1 Å². The lowest BCUT2D eigenvalue weighted by Crippen LogP contribution is -2.32. The normalized spacial score (nSPS) is 17.5. The lowest BCUT2D eigenvalue weighted by Gasteiger charge is -2.35. The summed E-state index contributed by atoms with van der Waals surface area (Å²) in [5.41, 5.74) is 3.98. The number of halogens is 1. The molecule has 0 saturated carbocycles. The van der Waals surface area contributed by atoms with E-state index in [1.54, 1.807) is 0 Å². The molecule has 0 fully saturated rings. The molecule has 0 aliphatic carbocycles. The van der Waals surface area contributed by atoms with Crippen LogP contribution in [0.4, 0.5) is 11.4 Å². The Morgan fingerprint density at radius 2 is 1.91 bits per heavy atom. The average Bonchev–Trinajstić information content (AvgIpc) is 2.55. The highest BCUT2D eigenvalue weighted by molar-refractivity contribution is 7.99. The number of para-hydroxylation sites is 1. The Hall–Kier alpha value is -1.42. The van der Waals surface area contributed by atoms with Gasteiger partial charge in [0.25, 0.3) is 0 Å². The maximum Gasteiger partial charge on any atom is 0.0570 e. The lowest BCUT2D eigenvalue weighted by atomic mass is 10.1. The molecule has 0 unspecified atom stereocenters. The van der Waals surface area contributed by atoms with Crippen molar-refractivity contribution in [1.29, 1.82) is 0 Å². The number of nitrogens with zero attached hydrogens (tertiary/aromatic N) is 2. The van der Waals surface area contributed by atoms with Gasteiger partial charge in [0, 0.05) is 34.4 Å². The number of benzene rings is 2. The minimum Gasteiger partial charge on any atom is -0.335 e. The lowest BCUT2D eigenvalue weighted by molar-refractivity contribution is 0.353. The molecule has 2 aliphatic rings. The molecule has 0 bridgehead atoms. The van der Waals surface area contributed by atoms with Crippen LogP contribution in [0.5, 0.6) is 0 Å². The van der Waals surface area contributed by atoms with Crippen LogP contribution in [-0.4, -0.2) is 31.6 Å². The van der Waals surface area contributed by atoms with Gasteiger partial charge in [-0.25, -0.2) is 0 Å². The second-order valence-electron chi connectivity index (χ2n) is 6.16. The number of anilines is 2. The van der Waals surface area contributed by atoms with E-state index in [1.165, 1.54) is 26.7 Å². The Bertz CT molecular complexity index is 772. The van der Waals surface area contributed by atoms with Crippen molar-refractivity contribution < 1.29 is 0 Å². The van der Waals surface area contributed by atoms with Gasteiger partial charge < -0.3 is 9.80 Å². The molecule has 118 valence electrons. The van der Waals surface area contributed by atoms with Crippen LogP contribution in [0.1, 0.15) is 6.42 Å². The summed E-state index contributed by atoms with van der Waals surface area (Å²) in [4.78, 5) is 7.39. The predicted octanol–water partition coefficient (Wildman–Crippen LogP) is 5.20. The Kier molecular flexibility index (Phi) is 4.10. The van der Waals surface area contributed by atoms with E-state index in [1.807, 2.05) is 17.8 Å². The van der Waals surface area contributed by atoms with Crippen molar-refractivity contribution in [2.24, 2.45) is 0 Å². The largest absolute Gasteiger partial charge is 0.335 e. The van der Waals surface area contributed by atoms with Crippen molar-refractivity contribution in [3.63, 3.8) is 0 Å². The number of hydrogen-bond acceptors (Lipinski definition) is 3. The molecular weight excluding hydrogens is 324 g/mol. The summed E-state index contributed by atoms with van der Waals surface area (Å²) in [5.74, 6) is 0. The first kappa shape index (κ1) is 15.1. The first-order chi connectivity index (χ1) is 11.2. The monoisotopic (exact) mass is 342 g/mol. The summed E-state index contributed by atoms with van der Waals surface area (Å²) in [6.07, 6.45) is 3.53. The van der Waals surface area contributed by atoms with Crippen molar-refractivity contribution in [2.75, 3.05) is 31.6 Å². The average molecular weight is 343 g/mol. The molecule has 2 aromatic carbocycles. The van der Waals surface area contributed by atoms with E-state index >= 15 is 0 Å². The van der Waals surface area contributed by atoms with E-state index < -0.39 is 0 Å². The molecule has 0 N–H and O–H groups in total. The van der Waals surface area contributed by atoms with Gasteiger partial charge in [0.2, 0.25) is 0 Å². The summed E-state index contributed by atoms with van der Waals surface area (Å²) in [6.45, 7) is 3.12. The molecule has 2 heterocycles. The van der Waals surface area contributed by atoms with E-state index in [2.05, 4.69) is 59.3 Å². The number of likely N-dealkylation sites (N-methyl/N-ethyl adjacent to an activating group) is 1. The minimum atomic E-state index is 0.795. The summed E-state index contributed by atoms with van der Waals surface area (Å²) in [7, 11) is 2.19. The minimum absolute atomic E-state index is 0.795. The van der Waals surface area contributed by atoms with Crippen molar-refractivity contribution in [1.82, 2.24) is 4.90 Å². The van der Waals surface area contributed by atoms with Crippen LogP contribution in [0.3, 0.4) is 0 Å². The van der Waals surface area contributed by atoms with Crippen LogP contribution >= 0.6 is 23.4 Å². The molecule has 2 aromatic rings. The van der Waals surface area contributed by atoms with Crippen molar-refractivity contribution >= 4 is 34.7 Å². The smallest absolute Gasteiger partial charge is 0.0570 e. The van der Waals surface area contributed by atoms with Crippen LogP contribution in [0.15, 0.2) is 63.9 Å². The molecule has 2 aliphatic heterocycles. The first-order valence-electron chi connectivity index (χ1n) is 7.91. The van der Waals surface area contributed by atoms with Crippen LogP contribution < -0.4 is 4.90 Å². The van der Waals surface area contributed by atoms with Crippen molar-refractivity contribution in [2.45, 2.75) is 16.2 Å². The zero-order valence-electron chi connectivity index (χ0n) is 13.1. The van der Waals surface area contributed by atoms with Gasteiger partial charge in [-0.15, -0.1) is 0 Å². The highest BCUT2D eigenvalue weighted by atomic mass is 35.5. The summed E-state index contributed by atoms with van der Waals surface area (Å²) < 4.78 is 0. The predicted molar refractivity (Wildman–Crippen MR) is 99.2 cm³/mol. The van der Waals surface area contributed by atoms with E-state index in [4.69, 9.17) is 11.6 Å². The zero-order chi connectivity index (χ0) is 15.8. The second kappa shape index (κ2) is 6.23. The van der Waals surface area contributed by atoms with Crippen LogP contribution in [0.25, 0.3) is 0 Å². The fraction of sp³-hybridized carbons (Fsp3) is 0.263. The molecule has 0 aromatic heterocycles. The molecule has 0 radical (unpaired) electrons. The quantitative estimate of drug-likeness (QED) is 0.692. The fourth-order valence-corrected chi connectivity index (χ4v) is 4.51. The molecule has 23 heavy (non-hydrogen) atoms. The molecule has 0 amide bonds. The van der Waals surface area contributed by atoms with Crippen LogP contribution in [0, 0.1) is 0 Å². The Balaban J connectivity index is 1.75. The van der Waals surface area contributed by atoms with Gasteiger partial charge in [0.05, 0.1) is 11.4 Å². The van der Waals surface area contributed by atoms with Gasteiger partial charge in [-0.05, 0) is 49.4 Å². The Morgan fingerprint density at radius 3 is 2.78 bits per heavy atom. The maximum atomic E-state index is 6.28. The standard InChI is InChI=1S/C19H19ClN2S/c1-21-10-4-5-14(12-21)13-22-16-6-2-3-7-18(16)23-19-9-8-15(20)11-17(19)22/h2-3,5-9,11H,4,10,12-13H2,1H3. The molecule has 4 rings (SSSR count). The number of fused-ring (bicyclic) bond motifs is 2. The summed E-state index contributed by atoms with van der Waals surface area (Å²) in [6, 6.07) is 14.8. The highest BCUT2D eigenvalue weighted by Gasteiger charge is 2.24. The molecule has 0 saturated heterocycles. The van der Waals surface area contributed by atoms with Gasteiger partial charge in [0.15, 0.2) is 0 Å². The van der Waals surface area contributed by atoms with Crippen LogP contribution in [0.2, 0.25) is 5.02 Å². The van der Waals surface area contributed by atoms with Crippen molar-refractivity contribution in [3.8, 4) is 0 Å². The molecule has 4 heteroatoms. The van der Waals surface area contributed by atoms with Crippen LogP contribution in [-0.2, 0) is 0 Å². The van der Waals surface area contributed by atoms with Gasteiger partial charge in [0.1, 0.15) is 0 Å².